The van der Waals surface area contributed by atoms with Gasteiger partial charge in [0.2, 0.25) is 0 Å². The number of phosphoric ester groups is 1. The Morgan fingerprint density at radius 2 is 1.92 bits per heavy atom. The summed E-state index contributed by atoms with van der Waals surface area (Å²) in [5.74, 6) is -0.401. The molecule has 2 aliphatic rings. The maximum absolute atomic E-state index is 12.1. The van der Waals surface area contributed by atoms with Crippen LogP contribution in [0, 0.1) is 0 Å². The molecular formula is C15H14Cl2NO5P. The highest BCUT2D eigenvalue weighted by Gasteiger charge is 2.42. The standard InChI is InChI=1S/C15H14Cl2NO5P/c1-14(2)9-5-8(23-24(20,21)22)3-4-11(9)18-12-7-15(16,17)13(19)6-10(12)14/h3-7,18H,1-2H3,(H2,20,21,22). The van der Waals surface area contributed by atoms with E-state index < -0.39 is 23.4 Å². The van der Waals surface area contributed by atoms with Gasteiger partial charge in [-0.1, -0.05) is 37.0 Å². The fourth-order valence-electron chi connectivity index (χ4n) is 2.89. The summed E-state index contributed by atoms with van der Waals surface area (Å²) >= 11 is 12.0. The molecule has 0 atom stereocenters. The lowest BCUT2D eigenvalue weighted by Gasteiger charge is -2.40. The van der Waals surface area contributed by atoms with Crippen LogP contribution >= 0.6 is 31.0 Å². The number of anilines is 1. The number of carbonyl (C=O) groups excluding carboxylic acids is 1. The first-order chi connectivity index (χ1) is 10.9. The number of phosphoric acid groups is 1. The van der Waals surface area contributed by atoms with Gasteiger partial charge in [0.25, 0.3) is 0 Å². The van der Waals surface area contributed by atoms with E-state index in [0.29, 0.717) is 17.0 Å². The van der Waals surface area contributed by atoms with E-state index in [1.165, 1.54) is 24.3 Å². The number of hydrogen-bond acceptors (Lipinski definition) is 4. The van der Waals surface area contributed by atoms with Crippen molar-refractivity contribution in [2.45, 2.75) is 23.6 Å². The van der Waals surface area contributed by atoms with E-state index in [0.717, 1.165) is 5.56 Å². The average molecular weight is 390 g/mol. The van der Waals surface area contributed by atoms with Crippen LogP contribution in [0.3, 0.4) is 0 Å². The third-order valence-corrected chi connectivity index (χ3v) is 5.09. The molecule has 1 heterocycles. The van der Waals surface area contributed by atoms with E-state index in [1.54, 1.807) is 6.07 Å². The quantitative estimate of drug-likeness (QED) is 0.529. The summed E-state index contributed by atoms with van der Waals surface area (Å²) in [6, 6.07) is 4.62. The second-order valence-electron chi connectivity index (χ2n) is 6.14. The van der Waals surface area contributed by atoms with Gasteiger partial charge in [-0.05, 0) is 41.5 Å². The number of ketones is 1. The Morgan fingerprint density at radius 3 is 2.54 bits per heavy atom. The molecule has 0 unspecified atom stereocenters. The molecule has 0 radical (unpaired) electrons. The lowest BCUT2D eigenvalue weighted by molar-refractivity contribution is -0.114. The van der Waals surface area contributed by atoms with Gasteiger partial charge in [0, 0.05) is 16.8 Å². The van der Waals surface area contributed by atoms with E-state index in [4.69, 9.17) is 33.0 Å². The molecule has 1 aliphatic carbocycles. The lowest BCUT2D eigenvalue weighted by Crippen LogP contribution is -2.37. The number of nitrogens with one attached hydrogen (secondary N) is 1. The van der Waals surface area contributed by atoms with Crippen LogP contribution in [0.15, 0.2) is 41.6 Å². The number of fused-ring (bicyclic) bond motifs is 2. The first-order valence-electron chi connectivity index (χ1n) is 6.94. The maximum Gasteiger partial charge on any atom is 0.524 e. The molecule has 0 saturated carbocycles. The minimum absolute atomic E-state index is 0.0381. The zero-order valence-electron chi connectivity index (χ0n) is 12.7. The number of rotatable bonds is 2. The molecular weight excluding hydrogens is 376 g/mol. The molecule has 0 amide bonds. The summed E-state index contributed by atoms with van der Waals surface area (Å²) in [6.07, 6.45) is 2.85. The molecule has 3 rings (SSSR count). The number of halogens is 2. The fraction of sp³-hybridized carbons (Fsp3) is 0.267. The van der Waals surface area contributed by atoms with Gasteiger partial charge in [0.15, 0.2) is 10.1 Å². The SMILES string of the molecule is CC1(C)C2=CC(=O)C(Cl)(Cl)C=C2Nc2ccc(OP(=O)(O)O)cc21. The van der Waals surface area contributed by atoms with Crippen molar-refractivity contribution in [3.05, 3.63) is 47.2 Å². The molecule has 0 saturated heterocycles. The first kappa shape index (κ1) is 17.5. The van der Waals surface area contributed by atoms with Crippen molar-refractivity contribution < 1.29 is 23.7 Å². The smallest absolute Gasteiger partial charge is 0.404 e. The van der Waals surface area contributed by atoms with Crippen molar-refractivity contribution in [3.8, 4) is 5.75 Å². The predicted molar refractivity (Wildman–Crippen MR) is 91.4 cm³/mol. The van der Waals surface area contributed by atoms with E-state index >= 15 is 0 Å². The average Bonchev–Trinajstić information content (AvgIpc) is 2.40. The van der Waals surface area contributed by atoms with Crippen LogP contribution in [-0.2, 0) is 14.8 Å². The van der Waals surface area contributed by atoms with Gasteiger partial charge in [-0.2, -0.15) is 0 Å². The third-order valence-electron chi connectivity index (χ3n) is 4.05. The Kier molecular flexibility index (Phi) is 3.90. The predicted octanol–water partition coefficient (Wildman–Crippen LogP) is 3.43. The van der Waals surface area contributed by atoms with Crippen molar-refractivity contribution in [2.24, 2.45) is 0 Å². The lowest BCUT2D eigenvalue weighted by atomic mass is 9.71. The van der Waals surface area contributed by atoms with Gasteiger partial charge >= 0.3 is 7.82 Å². The van der Waals surface area contributed by atoms with Crippen LogP contribution in [0.4, 0.5) is 5.69 Å². The van der Waals surface area contributed by atoms with Crippen LogP contribution in [0.2, 0.25) is 0 Å². The number of hydrogen-bond donors (Lipinski definition) is 3. The van der Waals surface area contributed by atoms with E-state index in [2.05, 4.69) is 9.84 Å². The minimum Gasteiger partial charge on any atom is -0.404 e. The number of benzene rings is 1. The summed E-state index contributed by atoms with van der Waals surface area (Å²) in [4.78, 5) is 30.0. The summed E-state index contributed by atoms with van der Waals surface area (Å²) in [6.45, 7) is 3.77. The van der Waals surface area contributed by atoms with Gasteiger partial charge in [-0.3, -0.25) is 14.6 Å². The Hall–Kier alpha value is -1.30. The fourth-order valence-corrected chi connectivity index (χ4v) is 3.60. The summed E-state index contributed by atoms with van der Waals surface area (Å²) in [5, 5.41) is 3.14. The molecule has 1 aromatic rings. The third kappa shape index (κ3) is 3.01. The zero-order chi connectivity index (χ0) is 17.9. The molecule has 1 aliphatic heterocycles. The van der Waals surface area contributed by atoms with Gasteiger partial charge < -0.3 is 9.84 Å². The first-order valence-corrected chi connectivity index (χ1v) is 9.23. The molecule has 3 N–H and O–H groups in total. The molecule has 0 aromatic heterocycles. The van der Waals surface area contributed by atoms with Crippen molar-refractivity contribution in [1.82, 2.24) is 0 Å². The Labute approximate surface area is 148 Å². The highest BCUT2D eigenvalue weighted by molar-refractivity contribution is 7.46. The molecule has 128 valence electrons. The molecule has 0 fully saturated rings. The minimum atomic E-state index is -4.66. The van der Waals surface area contributed by atoms with Crippen LogP contribution in [-0.4, -0.2) is 19.9 Å². The summed E-state index contributed by atoms with van der Waals surface area (Å²) in [5.41, 5.74) is 2.12. The number of carbonyl (C=O) groups is 1. The monoisotopic (exact) mass is 389 g/mol. The molecule has 9 heteroatoms. The molecule has 0 bridgehead atoms. The highest BCUT2D eigenvalue weighted by Crippen LogP contribution is 2.49. The van der Waals surface area contributed by atoms with Crippen LogP contribution in [0.1, 0.15) is 19.4 Å². The summed E-state index contributed by atoms with van der Waals surface area (Å²) in [7, 11) is -4.66. The Balaban J connectivity index is 2.12. The van der Waals surface area contributed by atoms with Gasteiger partial charge in [-0.25, -0.2) is 4.57 Å². The van der Waals surface area contributed by atoms with Crippen molar-refractivity contribution in [3.63, 3.8) is 0 Å². The highest BCUT2D eigenvalue weighted by atomic mass is 35.5. The van der Waals surface area contributed by atoms with Crippen LogP contribution in [0.5, 0.6) is 5.75 Å². The molecule has 6 nitrogen and oxygen atoms in total. The Bertz CT molecular complexity index is 853. The number of alkyl halides is 2. The van der Waals surface area contributed by atoms with Gasteiger partial charge in [-0.15, -0.1) is 0 Å². The Morgan fingerprint density at radius 1 is 1.25 bits per heavy atom. The van der Waals surface area contributed by atoms with Crippen molar-refractivity contribution in [2.75, 3.05) is 5.32 Å². The van der Waals surface area contributed by atoms with Crippen LogP contribution in [0.25, 0.3) is 0 Å². The van der Waals surface area contributed by atoms with E-state index in [1.807, 2.05) is 13.8 Å². The second kappa shape index (κ2) is 5.35. The van der Waals surface area contributed by atoms with Crippen LogP contribution < -0.4 is 9.84 Å². The van der Waals surface area contributed by atoms with Crippen molar-refractivity contribution in [1.29, 1.82) is 0 Å². The van der Waals surface area contributed by atoms with E-state index in [-0.39, 0.29) is 5.75 Å². The largest absolute Gasteiger partial charge is 0.524 e. The normalized spacial score (nSPS) is 21.0. The zero-order valence-corrected chi connectivity index (χ0v) is 15.1. The van der Waals surface area contributed by atoms with Gasteiger partial charge in [0.05, 0.1) is 0 Å². The van der Waals surface area contributed by atoms with E-state index in [9.17, 15) is 9.36 Å². The number of allylic oxidation sites excluding steroid dienone is 3. The molecule has 0 spiro atoms. The second-order valence-corrected chi connectivity index (χ2v) is 8.69. The summed E-state index contributed by atoms with van der Waals surface area (Å²) < 4.78 is 14.1. The van der Waals surface area contributed by atoms with Gasteiger partial charge in [0.1, 0.15) is 5.75 Å². The topological polar surface area (TPSA) is 95.9 Å². The van der Waals surface area contributed by atoms with Crippen molar-refractivity contribution >= 4 is 42.5 Å². The maximum atomic E-state index is 12.1. The molecule has 1 aromatic carbocycles. The molecule has 24 heavy (non-hydrogen) atoms.